The predicted molar refractivity (Wildman–Crippen MR) is 105 cm³/mol. The van der Waals surface area contributed by atoms with Gasteiger partial charge in [-0.2, -0.15) is 0 Å². The Morgan fingerprint density at radius 1 is 0.893 bits per heavy atom. The Kier molecular flexibility index (Phi) is 4.97. The van der Waals surface area contributed by atoms with Crippen molar-refractivity contribution in [3.05, 3.63) is 84.3 Å². The van der Waals surface area contributed by atoms with Gasteiger partial charge in [0.15, 0.2) is 5.82 Å². The van der Waals surface area contributed by atoms with Crippen molar-refractivity contribution >= 4 is 5.82 Å². The number of aromatic nitrogens is 5. The van der Waals surface area contributed by atoms with Crippen LogP contribution in [-0.4, -0.2) is 24.9 Å². The van der Waals surface area contributed by atoms with Gasteiger partial charge in [-0.05, 0) is 48.9 Å². The molecule has 7 heteroatoms. The van der Waals surface area contributed by atoms with E-state index >= 15 is 0 Å². The van der Waals surface area contributed by atoms with Crippen LogP contribution in [0.1, 0.15) is 11.4 Å². The monoisotopic (exact) mass is 372 g/mol. The third kappa shape index (κ3) is 4.15. The summed E-state index contributed by atoms with van der Waals surface area (Å²) in [5.41, 5.74) is 3.11. The van der Waals surface area contributed by atoms with Crippen LogP contribution in [0, 0.1) is 12.7 Å². The molecule has 0 amide bonds. The summed E-state index contributed by atoms with van der Waals surface area (Å²) in [6.45, 7) is 2.36. The fraction of sp³-hybridized carbons (Fsp3) is 0.0952. The molecule has 0 unspecified atom stereocenters. The van der Waals surface area contributed by atoms with E-state index in [1.807, 2.05) is 31.2 Å². The van der Waals surface area contributed by atoms with Gasteiger partial charge in [-0.15, -0.1) is 0 Å². The number of aryl methyl sites for hydroxylation is 1. The van der Waals surface area contributed by atoms with Crippen molar-refractivity contribution in [2.75, 3.05) is 5.32 Å². The van der Waals surface area contributed by atoms with Crippen LogP contribution in [0.2, 0.25) is 0 Å². The lowest BCUT2D eigenvalue weighted by molar-refractivity contribution is 0.628. The molecular weight excluding hydrogens is 355 g/mol. The van der Waals surface area contributed by atoms with E-state index in [1.54, 1.807) is 30.7 Å². The maximum absolute atomic E-state index is 13.3. The fourth-order valence-corrected chi connectivity index (χ4v) is 2.60. The molecule has 6 nitrogen and oxygen atoms in total. The SMILES string of the molecule is Cc1cnc(CNc2cc(-c3ccc(F)cc3)nc(-c3ccccn3)n2)nc1. The highest BCUT2D eigenvalue weighted by atomic mass is 19.1. The molecular formula is C21H17FN6. The second kappa shape index (κ2) is 7.87. The van der Waals surface area contributed by atoms with E-state index < -0.39 is 0 Å². The zero-order valence-electron chi connectivity index (χ0n) is 15.2. The highest BCUT2D eigenvalue weighted by Gasteiger charge is 2.10. The van der Waals surface area contributed by atoms with E-state index in [-0.39, 0.29) is 5.82 Å². The van der Waals surface area contributed by atoms with Crippen molar-refractivity contribution in [2.45, 2.75) is 13.5 Å². The van der Waals surface area contributed by atoms with Gasteiger partial charge in [0.05, 0.1) is 12.2 Å². The van der Waals surface area contributed by atoms with E-state index in [4.69, 9.17) is 0 Å². The molecule has 1 N–H and O–H groups in total. The molecule has 3 heterocycles. The number of nitrogens with zero attached hydrogens (tertiary/aromatic N) is 5. The molecule has 0 aliphatic rings. The summed E-state index contributed by atoms with van der Waals surface area (Å²) in [5, 5.41) is 3.23. The number of hydrogen-bond donors (Lipinski definition) is 1. The van der Waals surface area contributed by atoms with Crippen molar-refractivity contribution in [1.29, 1.82) is 0 Å². The Morgan fingerprint density at radius 3 is 2.39 bits per heavy atom. The number of halogens is 1. The quantitative estimate of drug-likeness (QED) is 0.569. The molecule has 0 aliphatic heterocycles. The van der Waals surface area contributed by atoms with E-state index in [9.17, 15) is 4.39 Å². The largest absolute Gasteiger partial charge is 0.363 e. The minimum atomic E-state index is -0.294. The average Bonchev–Trinajstić information content (AvgIpc) is 2.74. The summed E-state index contributed by atoms with van der Waals surface area (Å²) in [7, 11) is 0. The van der Waals surface area contributed by atoms with Crippen LogP contribution in [0.25, 0.3) is 22.8 Å². The lowest BCUT2D eigenvalue weighted by Gasteiger charge is -2.10. The smallest absolute Gasteiger partial charge is 0.180 e. The summed E-state index contributed by atoms with van der Waals surface area (Å²) >= 11 is 0. The second-order valence-corrected chi connectivity index (χ2v) is 6.21. The molecule has 0 saturated heterocycles. The summed E-state index contributed by atoms with van der Waals surface area (Å²) in [4.78, 5) is 22.1. The Hall–Kier alpha value is -3.74. The maximum Gasteiger partial charge on any atom is 0.180 e. The van der Waals surface area contributed by atoms with E-state index in [2.05, 4.69) is 30.2 Å². The molecule has 1 aromatic carbocycles. The van der Waals surface area contributed by atoms with Gasteiger partial charge in [-0.1, -0.05) is 6.07 Å². The van der Waals surface area contributed by atoms with Crippen LogP contribution in [0.3, 0.4) is 0 Å². The first-order valence-corrected chi connectivity index (χ1v) is 8.75. The number of anilines is 1. The van der Waals surface area contributed by atoms with Crippen LogP contribution in [0.15, 0.2) is 67.1 Å². The van der Waals surface area contributed by atoms with E-state index in [0.717, 1.165) is 11.1 Å². The summed E-state index contributed by atoms with van der Waals surface area (Å²) in [5.74, 6) is 1.46. The van der Waals surface area contributed by atoms with E-state index in [1.165, 1.54) is 12.1 Å². The molecule has 138 valence electrons. The van der Waals surface area contributed by atoms with Gasteiger partial charge in [-0.25, -0.2) is 24.3 Å². The van der Waals surface area contributed by atoms with Crippen LogP contribution in [0.5, 0.6) is 0 Å². The van der Waals surface area contributed by atoms with Crippen molar-refractivity contribution in [3.8, 4) is 22.8 Å². The van der Waals surface area contributed by atoms with Gasteiger partial charge in [0, 0.05) is 30.2 Å². The first kappa shape index (κ1) is 17.7. The predicted octanol–water partition coefficient (Wildman–Crippen LogP) is 4.06. The minimum absolute atomic E-state index is 0.294. The molecule has 0 spiro atoms. The van der Waals surface area contributed by atoms with E-state index in [0.29, 0.717) is 35.4 Å². The maximum atomic E-state index is 13.3. The van der Waals surface area contributed by atoms with Gasteiger partial charge < -0.3 is 5.32 Å². The third-order valence-corrected chi connectivity index (χ3v) is 4.02. The highest BCUT2D eigenvalue weighted by molar-refractivity contribution is 5.66. The fourth-order valence-electron chi connectivity index (χ4n) is 2.60. The zero-order chi connectivity index (χ0) is 19.3. The highest BCUT2D eigenvalue weighted by Crippen LogP contribution is 2.24. The van der Waals surface area contributed by atoms with Crippen LogP contribution < -0.4 is 5.32 Å². The zero-order valence-corrected chi connectivity index (χ0v) is 15.2. The van der Waals surface area contributed by atoms with Crippen LogP contribution in [0.4, 0.5) is 10.2 Å². The van der Waals surface area contributed by atoms with Crippen molar-refractivity contribution in [2.24, 2.45) is 0 Å². The van der Waals surface area contributed by atoms with Gasteiger partial charge >= 0.3 is 0 Å². The summed E-state index contributed by atoms with van der Waals surface area (Å²) < 4.78 is 13.3. The third-order valence-electron chi connectivity index (χ3n) is 4.02. The number of benzene rings is 1. The molecule has 0 fully saturated rings. The minimum Gasteiger partial charge on any atom is -0.363 e. The number of pyridine rings is 1. The van der Waals surface area contributed by atoms with Crippen molar-refractivity contribution < 1.29 is 4.39 Å². The first-order chi connectivity index (χ1) is 13.7. The average molecular weight is 372 g/mol. The van der Waals surface area contributed by atoms with Crippen molar-refractivity contribution in [3.63, 3.8) is 0 Å². The van der Waals surface area contributed by atoms with Gasteiger partial charge in [0.1, 0.15) is 23.2 Å². The number of nitrogens with one attached hydrogen (secondary N) is 1. The molecule has 3 aromatic heterocycles. The molecule has 0 saturated carbocycles. The molecule has 0 aliphatic carbocycles. The molecule has 0 bridgehead atoms. The number of hydrogen-bond acceptors (Lipinski definition) is 6. The van der Waals surface area contributed by atoms with Gasteiger partial charge in [0.2, 0.25) is 0 Å². The second-order valence-electron chi connectivity index (χ2n) is 6.21. The summed E-state index contributed by atoms with van der Waals surface area (Å²) in [6, 6.07) is 13.6. The standard InChI is InChI=1S/C21H17FN6/c1-14-11-24-20(25-12-14)13-26-19-10-18(15-5-7-16(22)8-6-15)27-21(28-19)17-4-2-3-9-23-17/h2-12H,13H2,1H3,(H,26,27,28). The van der Waals surface area contributed by atoms with Crippen LogP contribution >= 0.6 is 0 Å². The lowest BCUT2D eigenvalue weighted by atomic mass is 10.1. The Morgan fingerprint density at radius 2 is 1.68 bits per heavy atom. The first-order valence-electron chi connectivity index (χ1n) is 8.75. The van der Waals surface area contributed by atoms with Crippen LogP contribution in [-0.2, 0) is 6.54 Å². The Labute approximate surface area is 161 Å². The van der Waals surface area contributed by atoms with Gasteiger partial charge in [-0.3, -0.25) is 4.98 Å². The Bertz CT molecular complexity index is 1070. The summed E-state index contributed by atoms with van der Waals surface area (Å²) in [6.07, 6.45) is 5.23. The van der Waals surface area contributed by atoms with Gasteiger partial charge in [0.25, 0.3) is 0 Å². The van der Waals surface area contributed by atoms with Crippen molar-refractivity contribution in [1.82, 2.24) is 24.9 Å². The lowest BCUT2D eigenvalue weighted by Crippen LogP contribution is -2.07. The molecule has 4 rings (SSSR count). The Balaban J connectivity index is 1.69. The molecule has 0 atom stereocenters. The number of rotatable bonds is 5. The normalized spacial score (nSPS) is 10.6. The molecule has 28 heavy (non-hydrogen) atoms. The topological polar surface area (TPSA) is 76.5 Å². The molecule has 4 aromatic rings. The molecule has 0 radical (unpaired) electrons.